The number of halogens is 4. The fraction of sp³-hybridized carbons (Fsp3) is 0.553. The molecule has 0 saturated carbocycles. The third-order valence-corrected chi connectivity index (χ3v) is 11.5. The second-order valence-corrected chi connectivity index (χ2v) is 17.8. The minimum absolute atomic E-state index is 0.0619. The zero-order chi connectivity index (χ0) is 45.3. The molecule has 0 spiro atoms. The Kier molecular flexibility index (Phi) is 20.5. The molecule has 2 rings (SSSR count). The number of nitrogens with two attached hydrogens (primary N) is 1. The molecule has 22 heteroatoms. The van der Waals surface area contributed by atoms with Crippen LogP contribution in [0.15, 0.2) is 48.5 Å². The Morgan fingerprint density at radius 3 is 1.47 bits per heavy atom. The van der Waals surface area contributed by atoms with E-state index in [9.17, 15) is 55.8 Å². The van der Waals surface area contributed by atoms with E-state index in [0.717, 1.165) is 56.4 Å². The monoisotopic (exact) mass is 896 g/mol. The van der Waals surface area contributed by atoms with E-state index in [1.807, 2.05) is 0 Å². The number of alkyl halides is 4. The number of hydrogen-bond donors (Lipinski definition) is 9. The SMILES string of the molecule is CCCCCCCCCCCCCCC(=O)N[C@@H](C(=O)N[C@@H](CC(=O)O)C(=O)N[C@@H](Cc1ccc(C(F)(F)P(=O)(O)O)cc1)C(N)=O)c1ccc(C(F)(F)P(=O)(O)O)cc1. The number of primary amides is 1. The summed E-state index contributed by atoms with van der Waals surface area (Å²) in [6, 6.07) is 0.925. The van der Waals surface area contributed by atoms with Gasteiger partial charge in [-0.25, -0.2) is 0 Å². The van der Waals surface area contributed by atoms with Crippen LogP contribution in [-0.4, -0.2) is 66.4 Å². The Morgan fingerprint density at radius 2 is 1.05 bits per heavy atom. The minimum Gasteiger partial charge on any atom is -0.481 e. The molecule has 0 aliphatic rings. The van der Waals surface area contributed by atoms with Gasteiger partial charge in [-0.05, 0) is 17.5 Å². The van der Waals surface area contributed by atoms with Gasteiger partial charge >= 0.3 is 32.5 Å². The summed E-state index contributed by atoms with van der Waals surface area (Å²) in [6.45, 7) is 2.16. The third kappa shape index (κ3) is 16.3. The van der Waals surface area contributed by atoms with E-state index >= 15 is 0 Å². The maximum atomic E-state index is 14.4. The lowest BCUT2D eigenvalue weighted by atomic mass is 10.0. The molecule has 0 aromatic heterocycles. The van der Waals surface area contributed by atoms with Crippen molar-refractivity contribution >= 4 is 44.8 Å². The van der Waals surface area contributed by atoms with E-state index in [-0.39, 0.29) is 17.5 Å². The Bertz CT molecular complexity index is 1840. The molecule has 3 atom stereocenters. The molecule has 16 nitrogen and oxygen atoms in total. The highest BCUT2D eigenvalue weighted by Gasteiger charge is 2.51. The molecule has 0 bridgehead atoms. The van der Waals surface area contributed by atoms with Crippen LogP contribution in [0.1, 0.15) is 125 Å². The summed E-state index contributed by atoms with van der Waals surface area (Å²) in [5.41, 5.74) is -6.04. The van der Waals surface area contributed by atoms with Crippen LogP contribution in [0.5, 0.6) is 0 Å². The van der Waals surface area contributed by atoms with Crippen LogP contribution in [0, 0.1) is 0 Å². The maximum Gasteiger partial charge on any atom is 0.399 e. The minimum atomic E-state index is -5.98. The lowest BCUT2D eigenvalue weighted by Crippen LogP contribution is -2.55. The fourth-order valence-corrected chi connectivity index (χ4v) is 7.05. The summed E-state index contributed by atoms with van der Waals surface area (Å²) in [7, 11) is -11.9. The molecule has 0 aliphatic carbocycles. The number of rotatable bonds is 28. The molecular weight excluding hydrogens is 842 g/mol. The van der Waals surface area contributed by atoms with E-state index in [1.165, 1.54) is 32.1 Å². The molecule has 2 aromatic rings. The topological polar surface area (TPSA) is 283 Å². The van der Waals surface area contributed by atoms with Crippen LogP contribution < -0.4 is 21.7 Å². The van der Waals surface area contributed by atoms with Crippen LogP contribution in [0.25, 0.3) is 0 Å². The molecule has 10 N–H and O–H groups in total. The van der Waals surface area contributed by atoms with E-state index in [0.29, 0.717) is 37.1 Å². The van der Waals surface area contributed by atoms with Gasteiger partial charge < -0.3 is 46.4 Å². The van der Waals surface area contributed by atoms with Gasteiger partial charge in [-0.2, -0.15) is 17.6 Å². The molecule has 4 amide bonds. The van der Waals surface area contributed by atoms with E-state index in [1.54, 1.807) is 0 Å². The predicted molar refractivity (Wildman–Crippen MR) is 210 cm³/mol. The number of carbonyl (C=O) groups excluding carboxylic acids is 4. The number of carbonyl (C=O) groups is 5. The molecule has 0 heterocycles. The fourth-order valence-electron chi connectivity index (χ4n) is 6.08. The Labute approximate surface area is 344 Å². The average molecular weight is 897 g/mol. The maximum absolute atomic E-state index is 14.4. The lowest BCUT2D eigenvalue weighted by molar-refractivity contribution is -0.141. The normalized spacial score (nSPS) is 13.8. The van der Waals surface area contributed by atoms with Gasteiger partial charge in [0.25, 0.3) is 0 Å². The standard InChI is InChI=1S/C38H54F4N4O12P2/c1-2-3-4-5-6-7-8-9-10-11-12-13-14-31(47)46-33(26-17-21-28(22-18-26)38(41,42)60(56,57)58)36(52)45-30(24-32(48)49)35(51)44-29(34(43)50)23-25-15-19-27(20-16-25)37(39,40)59(53,54)55/h15-22,29-30,33H,2-14,23-24H2,1H3,(H2,43,50)(H,44,51)(H,45,52)(H,46,47)(H,48,49)(H2,53,54,55)(H2,56,57,58)/t29-,30-,33+/m0/s1. The lowest BCUT2D eigenvalue weighted by Gasteiger charge is -2.25. The number of amides is 4. The van der Waals surface area contributed by atoms with Crippen molar-refractivity contribution in [2.75, 3.05) is 0 Å². The number of unbranched alkanes of at least 4 members (excludes halogenated alkanes) is 11. The first-order valence-electron chi connectivity index (χ1n) is 19.4. The second-order valence-electron chi connectivity index (χ2n) is 14.5. The molecule has 2 aromatic carbocycles. The quantitative estimate of drug-likeness (QED) is 0.0288. The van der Waals surface area contributed by atoms with Crippen molar-refractivity contribution in [3.05, 3.63) is 70.8 Å². The Morgan fingerprint density at radius 1 is 0.633 bits per heavy atom. The van der Waals surface area contributed by atoms with Gasteiger partial charge in [0.15, 0.2) is 0 Å². The molecule has 0 saturated heterocycles. The summed E-state index contributed by atoms with van der Waals surface area (Å²) >= 11 is 0. The van der Waals surface area contributed by atoms with E-state index < -0.39 is 98.2 Å². The summed E-state index contributed by atoms with van der Waals surface area (Å²) in [5.74, 6) is -5.99. The highest BCUT2D eigenvalue weighted by Crippen LogP contribution is 2.60. The third-order valence-electron chi connectivity index (χ3n) is 9.56. The number of nitrogens with one attached hydrogen (secondary N) is 3. The number of benzene rings is 2. The molecular formula is C38H54F4N4O12P2. The molecule has 60 heavy (non-hydrogen) atoms. The van der Waals surface area contributed by atoms with Gasteiger partial charge in [0.2, 0.25) is 23.6 Å². The van der Waals surface area contributed by atoms with Crippen LogP contribution in [0.2, 0.25) is 0 Å². The number of hydrogen-bond acceptors (Lipinski definition) is 7. The predicted octanol–water partition coefficient (Wildman–Crippen LogP) is 5.56. The molecule has 0 fully saturated rings. The van der Waals surface area contributed by atoms with Gasteiger partial charge in [0, 0.05) is 24.0 Å². The molecule has 0 unspecified atom stereocenters. The van der Waals surface area contributed by atoms with Crippen molar-refractivity contribution in [2.45, 2.75) is 133 Å². The average Bonchev–Trinajstić information content (AvgIpc) is 3.16. The number of carboxylic acid groups (broad SMARTS) is 1. The smallest absolute Gasteiger partial charge is 0.399 e. The van der Waals surface area contributed by atoms with Crippen LogP contribution in [-0.2, 0) is 50.9 Å². The van der Waals surface area contributed by atoms with Gasteiger partial charge in [-0.15, -0.1) is 0 Å². The van der Waals surface area contributed by atoms with Crippen molar-refractivity contribution in [3.63, 3.8) is 0 Å². The van der Waals surface area contributed by atoms with Gasteiger partial charge in [-0.3, -0.25) is 33.1 Å². The van der Waals surface area contributed by atoms with Gasteiger partial charge in [0.1, 0.15) is 18.1 Å². The molecule has 0 radical (unpaired) electrons. The first-order valence-corrected chi connectivity index (χ1v) is 22.6. The highest BCUT2D eigenvalue weighted by molar-refractivity contribution is 7.52. The van der Waals surface area contributed by atoms with Crippen molar-refractivity contribution in [1.29, 1.82) is 0 Å². The summed E-state index contributed by atoms with van der Waals surface area (Å²) in [5, 5.41) is 16.3. The zero-order valence-electron chi connectivity index (χ0n) is 33.0. The number of carboxylic acids is 1. The molecule has 0 aliphatic heterocycles. The van der Waals surface area contributed by atoms with Crippen LogP contribution in [0.3, 0.4) is 0 Å². The van der Waals surface area contributed by atoms with Crippen molar-refractivity contribution in [2.24, 2.45) is 5.73 Å². The van der Waals surface area contributed by atoms with E-state index in [2.05, 4.69) is 22.9 Å². The van der Waals surface area contributed by atoms with Crippen LogP contribution in [0.4, 0.5) is 17.6 Å². The van der Waals surface area contributed by atoms with Crippen molar-refractivity contribution < 1.29 is 75.3 Å². The highest BCUT2D eigenvalue weighted by atomic mass is 31.2. The van der Waals surface area contributed by atoms with E-state index in [4.69, 9.17) is 25.3 Å². The largest absolute Gasteiger partial charge is 0.481 e. The zero-order valence-corrected chi connectivity index (χ0v) is 34.8. The van der Waals surface area contributed by atoms with Crippen molar-refractivity contribution in [3.8, 4) is 0 Å². The van der Waals surface area contributed by atoms with Crippen molar-refractivity contribution in [1.82, 2.24) is 16.0 Å². The summed E-state index contributed by atoms with van der Waals surface area (Å²) in [4.78, 5) is 100. The van der Waals surface area contributed by atoms with Gasteiger partial charge in [0.05, 0.1) is 6.42 Å². The molecule has 336 valence electrons. The summed E-state index contributed by atoms with van der Waals surface area (Å²) in [6.07, 6.45) is 10.6. The van der Waals surface area contributed by atoms with Crippen LogP contribution >= 0.6 is 15.2 Å². The van der Waals surface area contributed by atoms with Gasteiger partial charge in [-0.1, -0.05) is 126 Å². The number of aliphatic carboxylic acids is 1. The Balaban J connectivity index is 2.23. The first kappa shape index (κ1) is 51.9. The summed E-state index contributed by atoms with van der Waals surface area (Å²) < 4.78 is 79.6. The first-order chi connectivity index (χ1) is 27.9. The second kappa shape index (κ2) is 23.7. The Hall–Kier alpha value is -4.19.